The number of ether oxygens (including phenoxy) is 2. The third-order valence-corrected chi connectivity index (χ3v) is 10.0. The smallest absolute Gasteiger partial charge is 0.306 e. The van der Waals surface area contributed by atoms with Gasteiger partial charge in [-0.05, 0) is 96.3 Å². The van der Waals surface area contributed by atoms with Gasteiger partial charge in [0.15, 0.2) is 6.10 Å². The molecule has 10 heteroatoms. The summed E-state index contributed by atoms with van der Waals surface area (Å²) in [4.78, 5) is 37.6. The van der Waals surface area contributed by atoms with Crippen LogP contribution in [-0.2, 0) is 32.7 Å². The molecule has 0 N–H and O–H groups in total. The number of hydrogen-bond acceptors (Lipinski definition) is 8. The SMILES string of the molecule is CCCCC/C=C/C/C=C/C/C=C/C/C=C/CCCCCC(=O)O[C@H](COC(=O)CCC/C=C/C/C=C/C/C=C/C/C=C/CCCCC)COP(=O)([O-])OCC[N+](C)(C)C. The quantitative estimate of drug-likeness (QED) is 0.0197. The number of allylic oxidation sites excluding steroid dienone is 16. The Hall–Kier alpha value is -3.07. The Morgan fingerprint density at radius 3 is 1.35 bits per heavy atom. The van der Waals surface area contributed by atoms with Crippen LogP contribution in [0.25, 0.3) is 0 Å². The second kappa shape index (κ2) is 41.3. The Morgan fingerprint density at radius 1 is 0.517 bits per heavy atom. The van der Waals surface area contributed by atoms with Crippen molar-refractivity contribution in [2.24, 2.45) is 0 Å². The molecule has 9 nitrogen and oxygen atoms in total. The van der Waals surface area contributed by atoms with Crippen molar-refractivity contribution in [2.45, 2.75) is 161 Å². The van der Waals surface area contributed by atoms with E-state index in [2.05, 4.69) is 105 Å². The van der Waals surface area contributed by atoms with E-state index in [1.54, 1.807) is 0 Å². The minimum atomic E-state index is -4.65. The van der Waals surface area contributed by atoms with Crippen LogP contribution in [0.2, 0.25) is 0 Å². The number of carbonyl (C=O) groups is 2. The lowest BCUT2D eigenvalue weighted by Crippen LogP contribution is -2.37. The number of nitrogens with zero attached hydrogens (tertiary/aromatic N) is 1. The standard InChI is InChI=1S/C50H84NO8P/c1-6-8-10-12-14-16-18-20-22-24-25-27-29-31-33-35-37-39-41-43-50(53)59-48(47-58-60(54,55)57-45-44-51(3,4)5)46-56-49(52)42-40-38-36-34-32-30-28-26-23-21-19-17-15-13-11-9-7-2/h14-17,20-23,25,27-28,30-31,33-34,36,48H,6-13,18-19,24,26,29,32,35,37-47H2,1-5H3/b16-14+,17-15+,22-20+,23-21+,27-25+,30-28+,33-31+,36-34+/t48-/m1/s1. The van der Waals surface area contributed by atoms with E-state index in [-0.39, 0.29) is 26.1 Å². The van der Waals surface area contributed by atoms with Gasteiger partial charge in [0.05, 0.1) is 27.7 Å². The van der Waals surface area contributed by atoms with Crippen LogP contribution in [-0.4, -0.2) is 70.0 Å². The number of esters is 2. The van der Waals surface area contributed by atoms with E-state index in [9.17, 15) is 19.0 Å². The molecule has 0 fully saturated rings. The summed E-state index contributed by atoms with van der Waals surface area (Å²) in [5.74, 6) is -0.946. The normalized spacial score (nSPS) is 14.4. The zero-order chi connectivity index (χ0) is 44.3. The van der Waals surface area contributed by atoms with Crippen molar-refractivity contribution in [2.75, 3.05) is 47.5 Å². The van der Waals surface area contributed by atoms with E-state index in [0.717, 1.165) is 64.2 Å². The minimum absolute atomic E-state index is 0.0514. The molecule has 0 aliphatic heterocycles. The fraction of sp³-hybridized carbons (Fsp3) is 0.640. The molecule has 342 valence electrons. The van der Waals surface area contributed by atoms with E-state index >= 15 is 0 Å². The van der Waals surface area contributed by atoms with Crippen molar-refractivity contribution in [3.63, 3.8) is 0 Å². The number of unbranched alkanes of at least 4 members (excludes halogenated alkanes) is 10. The summed E-state index contributed by atoms with van der Waals surface area (Å²) in [5, 5.41) is 0. The molecule has 0 aliphatic rings. The topological polar surface area (TPSA) is 111 Å². The zero-order valence-corrected chi connectivity index (χ0v) is 39.3. The summed E-state index contributed by atoms with van der Waals surface area (Å²) in [6.07, 6.45) is 54.4. The molecule has 0 spiro atoms. The van der Waals surface area contributed by atoms with E-state index in [1.165, 1.54) is 51.4 Å². The predicted octanol–water partition coefficient (Wildman–Crippen LogP) is 12.7. The van der Waals surface area contributed by atoms with E-state index in [1.807, 2.05) is 27.2 Å². The first kappa shape index (κ1) is 56.9. The van der Waals surface area contributed by atoms with Gasteiger partial charge in [-0.2, -0.15) is 0 Å². The summed E-state index contributed by atoms with van der Waals surface area (Å²) < 4.78 is 33.8. The second-order valence-electron chi connectivity index (χ2n) is 16.1. The van der Waals surface area contributed by atoms with Gasteiger partial charge in [0.2, 0.25) is 0 Å². The van der Waals surface area contributed by atoms with Crippen molar-refractivity contribution in [1.82, 2.24) is 0 Å². The summed E-state index contributed by atoms with van der Waals surface area (Å²) >= 11 is 0. The second-order valence-corrected chi connectivity index (χ2v) is 17.5. The fourth-order valence-electron chi connectivity index (χ4n) is 5.45. The first-order valence-corrected chi connectivity index (χ1v) is 24.4. The van der Waals surface area contributed by atoms with E-state index < -0.39 is 32.5 Å². The number of carbonyl (C=O) groups excluding carboxylic acids is 2. The Balaban J connectivity index is 4.52. The first-order valence-electron chi connectivity index (χ1n) is 22.9. The summed E-state index contributed by atoms with van der Waals surface area (Å²) in [5.41, 5.74) is 0. The van der Waals surface area contributed by atoms with Gasteiger partial charge in [0.25, 0.3) is 7.82 Å². The molecule has 0 aromatic carbocycles. The lowest BCUT2D eigenvalue weighted by Gasteiger charge is -2.28. The molecule has 0 saturated heterocycles. The minimum Gasteiger partial charge on any atom is -0.756 e. The highest BCUT2D eigenvalue weighted by molar-refractivity contribution is 7.45. The number of rotatable bonds is 40. The average Bonchev–Trinajstić information content (AvgIpc) is 3.20. The average molecular weight is 858 g/mol. The third kappa shape index (κ3) is 44.5. The Kier molecular flexibility index (Phi) is 39.2. The van der Waals surface area contributed by atoms with Gasteiger partial charge in [-0.3, -0.25) is 14.2 Å². The number of likely N-dealkylation sites (N-methyl/N-ethyl adjacent to an activating group) is 1. The maximum atomic E-state index is 12.7. The molecular weight excluding hydrogens is 774 g/mol. The van der Waals surface area contributed by atoms with Crippen LogP contribution in [0.3, 0.4) is 0 Å². The van der Waals surface area contributed by atoms with Crippen LogP contribution in [0.1, 0.15) is 155 Å². The Bertz CT molecular complexity index is 1340. The highest BCUT2D eigenvalue weighted by Gasteiger charge is 2.21. The van der Waals surface area contributed by atoms with Gasteiger partial charge >= 0.3 is 11.9 Å². The number of phosphoric acid groups is 1. The van der Waals surface area contributed by atoms with Gasteiger partial charge in [0, 0.05) is 12.8 Å². The Morgan fingerprint density at radius 2 is 0.917 bits per heavy atom. The molecule has 2 atom stereocenters. The molecule has 0 heterocycles. The van der Waals surface area contributed by atoms with Crippen LogP contribution in [0, 0.1) is 0 Å². The van der Waals surface area contributed by atoms with Crippen LogP contribution < -0.4 is 4.89 Å². The van der Waals surface area contributed by atoms with E-state index in [0.29, 0.717) is 23.9 Å². The molecule has 1 unspecified atom stereocenters. The lowest BCUT2D eigenvalue weighted by atomic mass is 10.1. The maximum absolute atomic E-state index is 12.7. The molecule has 0 radical (unpaired) electrons. The number of hydrogen-bond donors (Lipinski definition) is 0. The summed E-state index contributed by atoms with van der Waals surface area (Å²) in [6, 6.07) is 0. The molecule has 0 bridgehead atoms. The maximum Gasteiger partial charge on any atom is 0.306 e. The van der Waals surface area contributed by atoms with Crippen molar-refractivity contribution in [3.8, 4) is 0 Å². The van der Waals surface area contributed by atoms with Gasteiger partial charge in [-0.1, -0.05) is 143 Å². The fourth-order valence-corrected chi connectivity index (χ4v) is 6.18. The van der Waals surface area contributed by atoms with Crippen molar-refractivity contribution >= 4 is 19.8 Å². The van der Waals surface area contributed by atoms with Crippen molar-refractivity contribution < 1.29 is 42.1 Å². The highest BCUT2D eigenvalue weighted by Crippen LogP contribution is 2.38. The molecule has 0 aromatic rings. The van der Waals surface area contributed by atoms with Crippen molar-refractivity contribution in [3.05, 3.63) is 97.2 Å². The van der Waals surface area contributed by atoms with Gasteiger partial charge < -0.3 is 27.9 Å². The zero-order valence-electron chi connectivity index (χ0n) is 38.4. The van der Waals surface area contributed by atoms with Crippen molar-refractivity contribution in [1.29, 1.82) is 0 Å². The van der Waals surface area contributed by atoms with E-state index in [4.69, 9.17) is 18.5 Å². The highest BCUT2D eigenvalue weighted by atomic mass is 31.2. The van der Waals surface area contributed by atoms with Crippen LogP contribution in [0.15, 0.2) is 97.2 Å². The molecule has 0 saturated carbocycles. The molecular formula is C50H84NO8P. The van der Waals surface area contributed by atoms with Crippen LogP contribution in [0.5, 0.6) is 0 Å². The largest absolute Gasteiger partial charge is 0.756 e. The van der Waals surface area contributed by atoms with Crippen LogP contribution >= 0.6 is 7.82 Å². The van der Waals surface area contributed by atoms with Gasteiger partial charge in [-0.25, -0.2) is 0 Å². The molecule has 0 aromatic heterocycles. The lowest BCUT2D eigenvalue weighted by molar-refractivity contribution is -0.870. The molecule has 0 aliphatic carbocycles. The Labute approximate surface area is 366 Å². The summed E-state index contributed by atoms with van der Waals surface area (Å²) in [7, 11) is 1.10. The molecule has 0 rings (SSSR count). The third-order valence-electron chi connectivity index (χ3n) is 9.08. The predicted molar refractivity (Wildman–Crippen MR) is 249 cm³/mol. The summed E-state index contributed by atoms with van der Waals surface area (Å²) in [6.45, 7) is 4.04. The van der Waals surface area contributed by atoms with Gasteiger partial charge in [-0.15, -0.1) is 0 Å². The van der Waals surface area contributed by atoms with Gasteiger partial charge in [0.1, 0.15) is 19.8 Å². The molecule has 60 heavy (non-hydrogen) atoms. The number of quaternary nitrogens is 1. The van der Waals surface area contributed by atoms with Crippen LogP contribution in [0.4, 0.5) is 0 Å². The number of phosphoric ester groups is 1. The monoisotopic (exact) mass is 858 g/mol. The first-order chi connectivity index (χ1) is 29.0. The molecule has 0 amide bonds.